The van der Waals surface area contributed by atoms with Gasteiger partial charge in [-0.1, -0.05) is 23.2 Å². The van der Waals surface area contributed by atoms with E-state index in [0.717, 1.165) is 4.47 Å². The van der Waals surface area contributed by atoms with Gasteiger partial charge < -0.3 is 5.32 Å². The van der Waals surface area contributed by atoms with Gasteiger partial charge in [0.1, 0.15) is 0 Å². The number of imide groups is 1. The molecule has 1 atom stereocenters. The molecule has 6 nitrogen and oxygen atoms in total. The first kappa shape index (κ1) is 22.7. The first-order chi connectivity index (χ1) is 14.1. The van der Waals surface area contributed by atoms with Crippen LogP contribution in [0.4, 0.5) is 0 Å². The summed E-state index contributed by atoms with van der Waals surface area (Å²) < 4.78 is 0.836. The number of aromatic nitrogens is 1. The SMILES string of the molecule is CC(C)(C(=O)NCc1cc(Cl)c(C2CCC(=O)NC2=O)c(Cl)c1)c1ccc(Br)cn1. The number of pyridine rings is 1. The van der Waals surface area contributed by atoms with Crippen LogP contribution in [0, 0.1) is 0 Å². The summed E-state index contributed by atoms with van der Waals surface area (Å²) in [6.07, 6.45) is 2.24. The number of hydrogen-bond donors (Lipinski definition) is 2. The molecular formula is C21H20BrCl2N3O3. The van der Waals surface area contributed by atoms with Crippen molar-refractivity contribution < 1.29 is 14.4 Å². The molecule has 1 aromatic heterocycles. The smallest absolute Gasteiger partial charge is 0.234 e. The third-order valence-corrected chi connectivity index (χ3v) is 6.21. The lowest BCUT2D eigenvalue weighted by molar-refractivity contribution is -0.134. The maximum atomic E-state index is 12.8. The van der Waals surface area contributed by atoms with Gasteiger partial charge in [0.2, 0.25) is 17.7 Å². The lowest BCUT2D eigenvalue weighted by atomic mass is 9.87. The molecule has 1 saturated heterocycles. The molecule has 3 amide bonds. The molecule has 1 fully saturated rings. The van der Waals surface area contributed by atoms with Crippen molar-refractivity contribution in [1.29, 1.82) is 0 Å². The van der Waals surface area contributed by atoms with E-state index in [1.54, 1.807) is 38.2 Å². The van der Waals surface area contributed by atoms with E-state index in [4.69, 9.17) is 23.2 Å². The Bertz CT molecular complexity index is 986. The summed E-state index contributed by atoms with van der Waals surface area (Å²) in [6.45, 7) is 3.81. The number of nitrogens with zero attached hydrogens (tertiary/aromatic N) is 1. The van der Waals surface area contributed by atoms with E-state index in [0.29, 0.717) is 33.3 Å². The maximum absolute atomic E-state index is 12.8. The molecule has 0 saturated carbocycles. The first-order valence-corrected chi connectivity index (χ1v) is 10.9. The van der Waals surface area contributed by atoms with Crippen LogP contribution in [0.15, 0.2) is 34.9 Å². The van der Waals surface area contributed by atoms with E-state index >= 15 is 0 Å². The van der Waals surface area contributed by atoms with Crippen LogP contribution in [0.1, 0.15) is 49.4 Å². The predicted octanol–water partition coefficient (Wildman–Crippen LogP) is 4.27. The van der Waals surface area contributed by atoms with Gasteiger partial charge in [-0.25, -0.2) is 0 Å². The molecule has 0 spiro atoms. The highest BCUT2D eigenvalue weighted by molar-refractivity contribution is 9.10. The molecule has 2 heterocycles. The van der Waals surface area contributed by atoms with Gasteiger partial charge >= 0.3 is 0 Å². The number of halogens is 3. The topological polar surface area (TPSA) is 88.2 Å². The monoisotopic (exact) mass is 511 g/mol. The Morgan fingerprint density at radius 3 is 2.50 bits per heavy atom. The molecule has 3 rings (SSSR count). The largest absolute Gasteiger partial charge is 0.351 e. The van der Waals surface area contributed by atoms with Crippen LogP contribution in [0.25, 0.3) is 0 Å². The van der Waals surface area contributed by atoms with Crippen molar-refractivity contribution in [3.63, 3.8) is 0 Å². The van der Waals surface area contributed by atoms with Crippen LogP contribution in [0.3, 0.4) is 0 Å². The fourth-order valence-corrected chi connectivity index (χ4v) is 4.34. The Morgan fingerprint density at radius 2 is 1.93 bits per heavy atom. The molecular weight excluding hydrogens is 493 g/mol. The van der Waals surface area contributed by atoms with E-state index in [1.165, 1.54) is 0 Å². The Kier molecular flexibility index (Phi) is 6.84. The van der Waals surface area contributed by atoms with Crippen molar-refractivity contribution in [2.75, 3.05) is 0 Å². The minimum absolute atomic E-state index is 0.196. The van der Waals surface area contributed by atoms with E-state index in [2.05, 4.69) is 31.5 Å². The number of amides is 3. The number of rotatable bonds is 5. The fraction of sp³-hybridized carbons (Fsp3) is 0.333. The second kappa shape index (κ2) is 9.04. The molecule has 1 aliphatic rings. The highest BCUT2D eigenvalue weighted by Crippen LogP contribution is 2.37. The standard InChI is InChI=1S/C21H20BrCl2N3O3/c1-21(2,16-5-3-12(22)10-25-16)20(30)26-9-11-7-14(23)18(15(24)8-11)13-4-6-17(28)27-19(13)29/h3,5,7-8,10,13H,4,6,9H2,1-2H3,(H,26,30)(H,27,28,29). The van der Waals surface area contributed by atoms with Gasteiger partial charge in [0.15, 0.2) is 0 Å². The van der Waals surface area contributed by atoms with Crippen molar-refractivity contribution in [1.82, 2.24) is 15.6 Å². The molecule has 1 aliphatic heterocycles. The molecule has 1 aromatic carbocycles. The van der Waals surface area contributed by atoms with Crippen LogP contribution < -0.4 is 10.6 Å². The third-order valence-electron chi connectivity index (χ3n) is 5.11. The number of piperidine rings is 1. The van der Waals surface area contributed by atoms with Crippen molar-refractivity contribution in [2.45, 2.75) is 44.6 Å². The summed E-state index contributed by atoms with van der Waals surface area (Å²) >= 11 is 16.2. The molecule has 30 heavy (non-hydrogen) atoms. The second-order valence-electron chi connectivity index (χ2n) is 7.65. The minimum Gasteiger partial charge on any atom is -0.351 e. The minimum atomic E-state index is -0.832. The maximum Gasteiger partial charge on any atom is 0.234 e. The lowest BCUT2D eigenvalue weighted by Crippen LogP contribution is -2.40. The van der Waals surface area contributed by atoms with Gasteiger partial charge in [-0.05, 0) is 66.0 Å². The summed E-state index contributed by atoms with van der Waals surface area (Å²) in [4.78, 5) is 40.6. The van der Waals surface area contributed by atoms with Crippen molar-refractivity contribution in [3.05, 3.63) is 61.8 Å². The van der Waals surface area contributed by atoms with Gasteiger partial charge in [-0.15, -0.1) is 0 Å². The Labute approximate surface area is 192 Å². The molecule has 158 valence electrons. The molecule has 1 unspecified atom stereocenters. The number of benzene rings is 1. The van der Waals surface area contributed by atoms with Crippen molar-refractivity contribution in [3.8, 4) is 0 Å². The van der Waals surface area contributed by atoms with Gasteiger partial charge in [-0.2, -0.15) is 0 Å². The summed E-state index contributed by atoms with van der Waals surface area (Å²) in [5.41, 5.74) is 1.01. The van der Waals surface area contributed by atoms with E-state index in [9.17, 15) is 14.4 Å². The van der Waals surface area contributed by atoms with Crippen molar-refractivity contribution >= 4 is 56.9 Å². The zero-order valence-corrected chi connectivity index (χ0v) is 19.5. The fourth-order valence-electron chi connectivity index (χ4n) is 3.31. The van der Waals surface area contributed by atoms with Crippen LogP contribution in [-0.2, 0) is 26.3 Å². The highest BCUT2D eigenvalue weighted by atomic mass is 79.9. The van der Waals surface area contributed by atoms with E-state index < -0.39 is 17.2 Å². The Balaban J connectivity index is 1.73. The molecule has 2 N–H and O–H groups in total. The normalized spacial score (nSPS) is 16.9. The summed E-state index contributed by atoms with van der Waals surface area (Å²) in [7, 11) is 0. The van der Waals surface area contributed by atoms with Crippen LogP contribution >= 0.6 is 39.1 Å². The van der Waals surface area contributed by atoms with Gasteiger partial charge in [-0.3, -0.25) is 24.7 Å². The molecule has 2 aromatic rings. The lowest BCUT2D eigenvalue weighted by Gasteiger charge is -2.24. The quantitative estimate of drug-likeness (QED) is 0.585. The number of hydrogen-bond acceptors (Lipinski definition) is 4. The molecule has 0 aliphatic carbocycles. The van der Waals surface area contributed by atoms with E-state index in [1.807, 2.05) is 6.07 Å². The molecule has 0 bridgehead atoms. The van der Waals surface area contributed by atoms with E-state index in [-0.39, 0.29) is 24.8 Å². The highest BCUT2D eigenvalue weighted by Gasteiger charge is 2.32. The third kappa shape index (κ3) is 4.85. The van der Waals surface area contributed by atoms with Crippen LogP contribution in [-0.4, -0.2) is 22.7 Å². The predicted molar refractivity (Wildman–Crippen MR) is 118 cm³/mol. The van der Waals surface area contributed by atoms with Gasteiger partial charge in [0, 0.05) is 39.2 Å². The summed E-state index contributed by atoms with van der Waals surface area (Å²) in [6, 6.07) is 6.99. The van der Waals surface area contributed by atoms with Crippen LogP contribution in [0.5, 0.6) is 0 Å². The zero-order chi connectivity index (χ0) is 22.1. The van der Waals surface area contributed by atoms with Gasteiger partial charge in [0.25, 0.3) is 0 Å². The summed E-state index contributed by atoms with van der Waals surface area (Å²) in [5, 5.41) is 5.86. The molecule has 0 radical (unpaired) electrons. The summed E-state index contributed by atoms with van der Waals surface area (Å²) in [5.74, 6) is -1.47. The van der Waals surface area contributed by atoms with Gasteiger partial charge in [0.05, 0.1) is 17.0 Å². The number of carbonyl (C=O) groups excluding carboxylic acids is 3. The zero-order valence-electron chi connectivity index (χ0n) is 16.4. The average molecular weight is 513 g/mol. The Morgan fingerprint density at radius 1 is 1.27 bits per heavy atom. The molecule has 9 heteroatoms. The number of carbonyl (C=O) groups is 3. The van der Waals surface area contributed by atoms with Crippen LogP contribution in [0.2, 0.25) is 10.0 Å². The van der Waals surface area contributed by atoms with Crippen molar-refractivity contribution in [2.24, 2.45) is 0 Å². The Hall–Kier alpha value is -1.96. The number of nitrogens with one attached hydrogen (secondary N) is 2. The second-order valence-corrected chi connectivity index (χ2v) is 9.38. The first-order valence-electron chi connectivity index (χ1n) is 9.31. The average Bonchev–Trinajstić information content (AvgIpc) is 2.67.